The molecule has 3 heteroatoms. The molecule has 0 amide bonds. The van der Waals surface area contributed by atoms with Gasteiger partial charge in [-0.3, -0.25) is 9.59 Å². The average molecular weight is 455 g/mol. The number of ether oxygens (including phenoxy) is 1. The lowest BCUT2D eigenvalue weighted by Crippen LogP contribution is -2.67. The van der Waals surface area contributed by atoms with Gasteiger partial charge in [0.05, 0.1) is 5.41 Å². The highest BCUT2D eigenvalue weighted by atomic mass is 16.6. The van der Waals surface area contributed by atoms with Crippen LogP contribution in [0.3, 0.4) is 0 Å². The quantitative estimate of drug-likeness (QED) is 0.371. The molecule has 1 heterocycles. The van der Waals surface area contributed by atoms with Gasteiger partial charge in [-0.05, 0) is 91.8 Å². The summed E-state index contributed by atoms with van der Waals surface area (Å²) in [6.07, 6.45) is 11.2. The second-order valence-electron chi connectivity index (χ2n) is 15.3. The van der Waals surface area contributed by atoms with E-state index in [1.54, 1.807) is 0 Å². The predicted molar refractivity (Wildman–Crippen MR) is 129 cm³/mol. The molecular formula is C30H46O3. The second kappa shape index (κ2) is 6.28. The van der Waals surface area contributed by atoms with E-state index in [1.807, 2.05) is 0 Å². The van der Waals surface area contributed by atoms with Gasteiger partial charge in [0, 0.05) is 23.2 Å². The number of esters is 1. The Bertz CT molecular complexity index is 918. The number of carbonyl (C=O) groups excluding carboxylic acids is 2. The number of hydrogen-bond acceptors (Lipinski definition) is 3. The molecule has 6 aliphatic rings. The van der Waals surface area contributed by atoms with Crippen molar-refractivity contribution < 1.29 is 14.3 Å². The summed E-state index contributed by atoms with van der Waals surface area (Å²) in [5.41, 5.74) is 0.494. The van der Waals surface area contributed by atoms with Gasteiger partial charge in [-0.15, -0.1) is 0 Å². The fourth-order valence-electron chi connectivity index (χ4n) is 11.6. The summed E-state index contributed by atoms with van der Waals surface area (Å²) < 4.78 is 6.27. The monoisotopic (exact) mass is 454 g/mol. The first-order valence-electron chi connectivity index (χ1n) is 14.0. The van der Waals surface area contributed by atoms with Gasteiger partial charge in [-0.2, -0.15) is 0 Å². The highest BCUT2D eigenvalue weighted by molar-refractivity contribution is 5.85. The molecular weight excluding hydrogens is 408 g/mol. The largest absolute Gasteiger partial charge is 0.461 e. The van der Waals surface area contributed by atoms with Gasteiger partial charge in [0.25, 0.3) is 0 Å². The zero-order chi connectivity index (χ0) is 23.8. The zero-order valence-corrected chi connectivity index (χ0v) is 22.2. The minimum Gasteiger partial charge on any atom is -0.461 e. The van der Waals surface area contributed by atoms with E-state index in [0.29, 0.717) is 29.5 Å². The van der Waals surface area contributed by atoms with E-state index < -0.39 is 0 Å². The highest BCUT2D eigenvalue weighted by Crippen LogP contribution is 2.77. The molecule has 5 aliphatic carbocycles. The second-order valence-corrected chi connectivity index (χ2v) is 15.3. The maximum Gasteiger partial charge on any atom is 0.312 e. The maximum absolute atomic E-state index is 13.3. The summed E-state index contributed by atoms with van der Waals surface area (Å²) in [5.74, 6) is 2.80. The van der Waals surface area contributed by atoms with Crippen LogP contribution in [0.1, 0.15) is 113 Å². The van der Waals surface area contributed by atoms with E-state index >= 15 is 0 Å². The van der Waals surface area contributed by atoms with Gasteiger partial charge in [0.15, 0.2) is 0 Å². The normalized spacial score (nSPS) is 56.2. The third-order valence-electron chi connectivity index (χ3n) is 13.8. The first-order valence-corrected chi connectivity index (χ1v) is 14.0. The Morgan fingerprint density at radius 3 is 2.15 bits per heavy atom. The van der Waals surface area contributed by atoms with Crippen LogP contribution in [0, 0.1) is 56.2 Å². The molecule has 5 saturated carbocycles. The van der Waals surface area contributed by atoms with E-state index in [-0.39, 0.29) is 44.6 Å². The van der Waals surface area contributed by atoms with E-state index in [9.17, 15) is 9.59 Å². The SMILES string of the molecule is CC1(C)CC[C@@]23CC[C@]4(C)[C@H](CC[C@@H]5[C@]6(C)CCC(=O)C(C)(C)[C@@H]6CC[C@]54C)[C@H]2[C@H]1OC3=O. The summed E-state index contributed by atoms with van der Waals surface area (Å²) in [5, 5.41) is 0. The van der Waals surface area contributed by atoms with Crippen LogP contribution in [-0.2, 0) is 14.3 Å². The summed E-state index contributed by atoms with van der Waals surface area (Å²) in [6.45, 7) is 17.0. The molecule has 0 aromatic rings. The summed E-state index contributed by atoms with van der Waals surface area (Å²) in [7, 11) is 0. The van der Waals surface area contributed by atoms with Gasteiger partial charge < -0.3 is 4.74 Å². The number of carbonyl (C=O) groups is 2. The zero-order valence-electron chi connectivity index (χ0n) is 22.2. The van der Waals surface area contributed by atoms with Crippen LogP contribution in [0.15, 0.2) is 0 Å². The van der Waals surface area contributed by atoms with E-state index in [1.165, 1.54) is 32.1 Å². The molecule has 9 atom stereocenters. The standard InChI is InChI=1S/C30H46O3/c1-25(2)14-16-30-17-15-28(6)18(22(30)23(25)33-24(30)32)8-9-20-27(5)12-11-21(31)26(3,4)19(27)10-13-29(20,28)7/h18-20,22-23H,8-17H2,1-7H3/t18-,19+,20-,22+,23-,27-,28-,29-,30-/m1/s1. The molecule has 0 N–H and O–H groups in total. The Kier molecular flexibility index (Phi) is 4.30. The van der Waals surface area contributed by atoms with E-state index in [2.05, 4.69) is 48.5 Å². The molecule has 6 rings (SSSR count). The highest BCUT2D eigenvalue weighted by Gasteiger charge is 2.75. The lowest BCUT2D eigenvalue weighted by molar-refractivity contribution is -0.239. The van der Waals surface area contributed by atoms with Gasteiger partial charge >= 0.3 is 5.97 Å². The molecule has 0 spiro atoms. The van der Waals surface area contributed by atoms with Crippen LogP contribution in [0.25, 0.3) is 0 Å². The Balaban J connectivity index is 1.42. The summed E-state index contributed by atoms with van der Waals surface area (Å²) in [6, 6.07) is 0. The third kappa shape index (κ3) is 2.39. The predicted octanol–water partition coefficient (Wildman–Crippen LogP) is 6.97. The number of hydrogen-bond donors (Lipinski definition) is 0. The van der Waals surface area contributed by atoms with Crippen LogP contribution in [0.4, 0.5) is 0 Å². The number of Topliss-reactive ketones (excluding diaryl/α,β-unsaturated/α-hetero) is 1. The lowest BCUT2D eigenvalue weighted by Gasteiger charge is -2.72. The van der Waals surface area contributed by atoms with Crippen molar-refractivity contribution in [2.75, 3.05) is 0 Å². The number of rotatable bonds is 0. The Morgan fingerprint density at radius 1 is 0.727 bits per heavy atom. The molecule has 0 aromatic heterocycles. The topological polar surface area (TPSA) is 43.4 Å². The number of fused-ring (bicyclic) bond motifs is 5. The lowest BCUT2D eigenvalue weighted by atomic mass is 9.31. The minimum atomic E-state index is -0.200. The first-order chi connectivity index (χ1) is 15.2. The Labute approximate surface area is 201 Å². The van der Waals surface area contributed by atoms with E-state index in [0.717, 1.165) is 32.1 Å². The minimum absolute atomic E-state index is 0.0910. The van der Waals surface area contributed by atoms with Crippen molar-refractivity contribution in [3.05, 3.63) is 0 Å². The molecule has 184 valence electrons. The fourth-order valence-corrected chi connectivity index (χ4v) is 11.6. The van der Waals surface area contributed by atoms with Crippen LogP contribution >= 0.6 is 0 Å². The molecule has 6 fully saturated rings. The summed E-state index contributed by atoms with van der Waals surface area (Å²) >= 11 is 0. The van der Waals surface area contributed by atoms with Gasteiger partial charge in [0.2, 0.25) is 0 Å². The maximum atomic E-state index is 13.3. The fraction of sp³-hybridized carbons (Fsp3) is 0.933. The van der Waals surface area contributed by atoms with E-state index in [4.69, 9.17) is 4.74 Å². The molecule has 1 aliphatic heterocycles. The van der Waals surface area contributed by atoms with Crippen LogP contribution in [-0.4, -0.2) is 17.9 Å². The van der Waals surface area contributed by atoms with Crippen molar-refractivity contribution in [2.45, 2.75) is 119 Å². The smallest absolute Gasteiger partial charge is 0.312 e. The summed E-state index contributed by atoms with van der Waals surface area (Å²) in [4.78, 5) is 26.3. The van der Waals surface area contributed by atoms with Crippen molar-refractivity contribution in [1.29, 1.82) is 0 Å². The van der Waals surface area contributed by atoms with Crippen molar-refractivity contribution in [3.63, 3.8) is 0 Å². The van der Waals surface area contributed by atoms with Gasteiger partial charge in [0.1, 0.15) is 11.9 Å². The first kappa shape index (κ1) is 22.6. The molecule has 1 saturated heterocycles. The van der Waals surface area contributed by atoms with Gasteiger partial charge in [-0.1, -0.05) is 48.5 Å². The van der Waals surface area contributed by atoms with Crippen molar-refractivity contribution >= 4 is 11.8 Å². The van der Waals surface area contributed by atoms with Crippen molar-refractivity contribution in [3.8, 4) is 0 Å². The molecule has 3 nitrogen and oxygen atoms in total. The number of ketones is 1. The Hall–Kier alpha value is -0.860. The van der Waals surface area contributed by atoms with Crippen LogP contribution in [0.5, 0.6) is 0 Å². The Morgan fingerprint density at radius 2 is 1.42 bits per heavy atom. The molecule has 0 radical (unpaired) electrons. The van der Waals surface area contributed by atoms with Crippen LogP contribution < -0.4 is 0 Å². The molecule has 33 heavy (non-hydrogen) atoms. The molecule has 0 aromatic carbocycles. The van der Waals surface area contributed by atoms with Crippen molar-refractivity contribution in [2.24, 2.45) is 56.2 Å². The third-order valence-corrected chi connectivity index (χ3v) is 13.8. The van der Waals surface area contributed by atoms with Crippen LogP contribution in [0.2, 0.25) is 0 Å². The van der Waals surface area contributed by atoms with Crippen molar-refractivity contribution in [1.82, 2.24) is 0 Å². The van der Waals surface area contributed by atoms with Gasteiger partial charge in [-0.25, -0.2) is 0 Å². The molecule has 0 unspecified atom stereocenters. The average Bonchev–Trinajstić information content (AvgIpc) is 2.99. The molecule has 2 bridgehead atoms.